The zero-order chi connectivity index (χ0) is 20.8. The van der Waals surface area contributed by atoms with Gasteiger partial charge in [0.2, 0.25) is 11.8 Å². The molecule has 2 N–H and O–H groups in total. The van der Waals surface area contributed by atoms with Gasteiger partial charge in [0.15, 0.2) is 0 Å². The number of halogens is 2. The summed E-state index contributed by atoms with van der Waals surface area (Å²) >= 11 is 12.1. The normalized spacial score (nSPS) is 10.3. The lowest BCUT2D eigenvalue weighted by Gasteiger charge is -2.21. The van der Waals surface area contributed by atoms with Crippen LogP contribution in [-0.2, 0) is 9.59 Å². The first-order chi connectivity index (χ1) is 13.2. The summed E-state index contributed by atoms with van der Waals surface area (Å²) in [5.74, 6) is -0.968. The zero-order valence-electron chi connectivity index (χ0n) is 15.8. The van der Waals surface area contributed by atoms with E-state index in [2.05, 4.69) is 10.6 Å². The van der Waals surface area contributed by atoms with Gasteiger partial charge in [-0.15, -0.1) is 0 Å². The van der Waals surface area contributed by atoms with E-state index in [1.54, 1.807) is 43.3 Å². The Morgan fingerprint density at radius 2 is 1.68 bits per heavy atom. The van der Waals surface area contributed by atoms with E-state index >= 15 is 0 Å². The number of aryl methyl sites for hydroxylation is 1. The summed E-state index contributed by atoms with van der Waals surface area (Å²) in [7, 11) is 0. The van der Waals surface area contributed by atoms with Gasteiger partial charge in [0.25, 0.3) is 5.91 Å². The van der Waals surface area contributed by atoms with Crippen molar-refractivity contribution in [3.63, 3.8) is 0 Å². The van der Waals surface area contributed by atoms with Crippen molar-refractivity contribution in [1.29, 1.82) is 0 Å². The summed E-state index contributed by atoms with van der Waals surface area (Å²) in [5.41, 5.74) is 2.07. The highest BCUT2D eigenvalue weighted by Gasteiger charge is 2.19. The molecule has 0 aliphatic heterocycles. The molecule has 0 saturated carbocycles. The average Bonchev–Trinajstić information content (AvgIpc) is 2.63. The third-order valence-electron chi connectivity index (χ3n) is 4.03. The minimum atomic E-state index is -0.417. The molecule has 28 heavy (non-hydrogen) atoms. The molecule has 0 aromatic heterocycles. The molecule has 0 atom stereocenters. The lowest BCUT2D eigenvalue weighted by atomic mass is 10.1. The van der Waals surface area contributed by atoms with Crippen molar-refractivity contribution < 1.29 is 14.4 Å². The van der Waals surface area contributed by atoms with Crippen LogP contribution in [0.1, 0.15) is 29.8 Å². The summed E-state index contributed by atoms with van der Waals surface area (Å²) < 4.78 is 0. The number of hydrogen-bond donors (Lipinski definition) is 2. The Hall–Kier alpha value is -2.57. The van der Waals surface area contributed by atoms with Crippen LogP contribution in [0.5, 0.6) is 0 Å². The fraction of sp³-hybridized carbons (Fsp3) is 0.250. The van der Waals surface area contributed by atoms with E-state index in [4.69, 9.17) is 23.2 Å². The largest absolute Gasteiger partial charge is 0.330 e. The molecule has 0 spiro atoms. The van der Waals surface area contributed by atoms with Crippen molar-refractivity contribution in [2.45, 2.75) is 20.8 Å². The molecule has 0 aliphatic carbocycles. The Morgan fingerprint density at radius 3 is 2.25 bits per heavy atom. The maximum atomic E-state index is 12.8. The van der Waals surface area contributed by atoms with E-state index in [1.807, 2.05) is 6.92 Å². The summed E-state index contributed by atoms with van der Waals surface area (Å²) in [6.07, 6.45) is 0. The second-order valence-electron chi connectivity index (χ2n) is 6.18. The molecule has 2 rings (SSSR count). The molecule has 0 radical (unpaired) electrons. The molecule has 6 nitrogen and oxygen atoms in total. The molecular formula is C20H21Cl2N3O3. The van der Waals surface area contributed by atoms with Gasteiger partial charge in [0.1, 0.15) is 6.54 Å². The van der Waals surface area contributed by atoms with Crippen molar-refractivity contribution in [2.75, 3.05) is 23.7 Å². The number of para-hydroxylation sites is 1. The van der Waals surface area contributed by atoms with Crippen LogP contribution in [0.3, 0.4) is 0 Å². The molecule has 0 heterocycles. The first kappa shape index (κ1) is 21.7. The number of anilines is 2. The number of nitrogens with zero attached hydrogens (tertiary/aromatic N) is 1. The molecule has 3 amide bonds. The molecule has 0 bridgehead atoms. The van der Waals surface area contributed by atoms with Crippen LogP contribution in [0.25, 0.3) is 0 Å². The molecule has 2 aromatic rings. The van der Waals surface area contributed by atoms with E-state index < -0.39 is 5.91 Å². The van der Waals surface area contributed by atoms with Crippen molar-refractivity contribution in [3.8, 4) is 0 Å². The van der Waals surface area contributed by atoms with Crippen LogP contribution in [-0.4, -0.2) is 35.7 Å². The second-order valence-corrected chi connectivity index (χ2v) is 6.99. The predicted octanol–water partition coefficient (Wildman–Crippen LogP) is 4.36. The zero-order valence-corrected chi connectivity index (χ0v) is 17.3. The van der Waals surface area contributed by atoms with Gasteiger partial charge in [-0.3, -0.25) is 14.4 Å². The third-order valence-corrected chi connectivity index (χ3v) is 4.66. The fourth-order valence-electron chi connectivity index (χ4n) is 2.56. The minimum absolute atomic E-state index is 0.166. The molecule has 8 heteroatoms. The van der Waals surface area contributed by atoms with E-state index in [0.29, 0.717) is 33.5 Å². The maximum absolute atomic E-state index is 12.8. The van der Waals surface area contributed by atoms with Crippen LogP contribution >= 0.6 is 23.2 Å². The van der Waals surface area contributed by atoms with Crippen molar-refractivity contribution in [2.24, 2.45) is 0 Å². The molecule has 0 saturated heterocycles. The summed E-state index contributed by atoms with van der Waals surface area (Å²) in [6.45, 7) is 5.16. The summed E-state index contributed by atoms with van der Waals surface area (Å²) in [4.78, 5) is 38.0. The molecule has 2 aromatic carbocycles. The van der Waals surface area contributed by atoms with Crippen LogP contribution < -0.4 is 10.6 Å². The SMILES string of the molecule is CCN(CC(=O)Nc1c(Cl)cccc1Cl)C(=O)c1ccc(C)c(NC(C)=O)c1. The van der Waals surface area contributed by atoms with Crippen LogP contribution in [0, 0.1) is 6.92 Å². The number of benzene rings is 2. The number of rotatable bonds is 6. The Labute approximate surface area is 173 Å². The Bertz CT molecular complexity index is 895. The minimum Gasteiger partial charge on any atom is -0.330 e. The first-order valence-electron chi connectivity index (χ1n) is 8.64. The van der Waals surface area contributed by atoms with E-state index in [9.17, 15) is 14.4 Å². The van der Waals surface area contributed by atoms with Gasteiger partial charge in [-0.1, -0.05) is 35.3 Å². The molecule has 0 aliphatic rings. The number of carbonyl (C=O) groups is 3. The molecule has 148 valence electrons. The Balaban J connectivity index is 2.15. The van der Waals surface area contributed by atoms with Crippen LogP contribution in [0.2, 0.25) is 10.0 Å². The first-order valence-corrected chi connectivity index (χ1v) is 9.40. The predicted molar refractivity (Wildman–Crippen MR) is 112 cm³/mol. The number of amides is 3. The number of hydrogen-bond acceptors (Lipinski definition) is 3. The smallest absolute Gasteiger partial charge is 0.254 e. The average molecular weight is 422 g/mol. The quantitative estimate of drug-likeness (QED) is 0.726. The van der Waals surface area contributed by atoms with Gasteiger partial charge in [-0.05, 0) is 43.7 Å². The molecule has 0 unspecified atom stereocenters. The molecule has 0 fully saturated rings. The highest BCUT2D eigenvalue weighted by atomic mass is 35.5. The van der Waals surface area contributed by atoms with Gasteiger partial charge in [-0.25, -0.2) is 0 Å². The standard InChI is InChI=1S/C20H21Cl2N3O3/c1-4-25(11-18(27)24-19-15(21)6-5-7-16(19)22)20(28)14-9-8-12(2)17(10-14)23-13(3)26/h5-10H,4,11H2,1-3H3,(H,23,26)(H,24,27). The van der Waals surface area contributed by atoms with Crippen molar-refractivity contribution in [3.05, 3.63) is 57.6 Å². The highest BCUT2D eigenvalue weighted by molar-refractivity contribution is 6.39. The second kappa shape index (κ2) is 9.57. The van der Waals surface area contributed by atoms with E-state index in [-0.39, 0.29) is 18.4 Å². The monoisotopic (exact) mass is 421 g/mol. The lowest BCUT2D eigenvalue weighted by molar-refractivity contribution is -0.117. The van der Waals surface area contributed by atoms with Crippen LogP contribution in [0.15, 0.2) is 36.4 Å². The van der Waals surface area contributed by atoms with Crippen LogP contribution in [0.4, 0.5) is 11.4 Å². The number of likely N-dealkylation sites (N-methyl/N-ethyl adjacent to an activating group) is 1. The Morgan fingerprint density at radius 1 is 1.04 bits per heavy atom. The number of nitrogens with one attached hydrogen (secondary N) is 2. The van der Waals surface area contributed by atoms with Crippen molar-refractivity contribution in [1.82, 2.24) is 4.90 Å². The van der Waals surface area contributed by atoms with E-state index in [0.717, 1.165) is 5.56 Å². The Kier molecular flexibility index (Phi) is 7.43. The summed E-state index contributed by atoms with van der Waals surface area (Å²) in [6, 6.07) is 9.91. The molecular weight excluding hydrogens is 401 g/mol. The third kappa shape index (κ3) is 5.47. The maximum Gasteiger partial charge on any atom is 0.254 e. The lowest BCUT2D eigenvalue weighted by Crippen LogP contribution is -2.38. The van der Waals surface area contributed by atoms with Gasteiger partial charge in [0.05, 0.1) is 15.7 Å². The summed E-state index contributed by atoms with van der Waals surface area (Å²) in [5, 5.41) is 5.96. The van der Waals surface area contributed by atoms with Gasteiger partial charge in [-0.2, -0.15) is 0 Å². The highest BCUT2D eigenvalue weighted by Crippen LogP contribution is 2.29. The fourth-order valence-corrected chi connectivity index (χ4v) is 3.05. The van der Waals surface area contributed by atoms with Gasteiger partial charge in [0, 0.05) is 24.7 Å². The van der Waals surface area contributed by atoms with E-state index in [1.165, 1.54) is 11.8 Å². The van der Waals surface area contributed by atoms with Gasteiger partial charge >= 0.3 is 0 Å². The topological polar surface area (TPSA) is 78.5 Å². The number of carbonyl (C=O) groups excluding carboxylic acids is 3. The van der Waals surface area contributed by atoms with Crippen molar-refractivity contribution >= 4 is 52.3 Å². The van der Waals surface area contributed by atoms with Gasteiger partial charge < -0.3 is 15.5 Å².